The van der Waals surface area contributed by atoms with Crippen LogP contribution in [0.25, 0.3) is 11.1 Å². The van der Waals surface area contributed by atoms with Crippen molar-refractivity contribution < 1.29 is 37.4 Å². The maximum Gasteiger partial charge on any atom is 0.306 e. The number of methoxy groups -OCH3 is 1. The molecule has 2 fully saturated rings. The normalized spacial score (nSPS) is 22.8. The van der Waals surface area contributed by atoms with Gasteiger partial charge < -0.3 is 29.2 Å². The van der Waals surface area contributed by atoms with Crippen LogP contribution in [-0.4, -0.2) is 65.4 Å². The lowest BCUT2D eigenvalue weighted by atomic mass is 9.87. The van der Waals surface area contributed by atoms with Crippen LogP contribution in [0.4, 0.5) is 20.5 Å². The summed E-state index contributed by atoms with van der Waals surface area (Å²) in [6.45, 7) is 2.50. The summed E-state index contributed by atoms with van der Waals surface area (Å²) in [5.41, 5.74) is 1.59. The summed E-state index contributed by atoms with van der Waals surface area (Å²) in [5.74, 6) is -2.41. The highest BCUT2D eigenvalue weighted by molar-refractivity contribution is 5.83. The van der Waals surface area contributed by atoms with Crippen molar-refractivity contribution in [3.63, 3.8) is 0 Å². The number of carbonyl (C=O) groups is 2. The molecule has 1 saturated heterocycles. The second kappa shape index (κ2) is 12.5. The van der Waals surface area contributed by atoms with Crippen LogP contribution >= 0.6 is 0 Å². The van der Waals surface area contributed by atoms with Crippen molar-refractivity contribution in [2.24, 2.45) is 5.92 Å². The molecule has 1 aliphatic heterocycles. The van der Waals surface area contributed by atoms with Crippen LogP contribution in [0.3, 0.4) is 0 Å². The molecule has 0 bridgehead atoms. The molecule has 0 unspecified atom stereocenters. The number of benzene rings is 2. The molecule has 41 heavy (non-hydrogen) atoms. The number of nitrogens with zero attached hydrogens (tertiary/aromatic N) is 2. The van der Waals surface area contributed by atoms with Crippen LogP contribution in [0.15, 0.2) is 34.7 Å². The average molecular weight is 572 g/mol. The number of oxazole rings is 1. The fourth-order valence-corrected chi connectivity index (χ4v) is 5.90. The van der Waals surface area contributed by atoms with E-state index in [4.69, 9.17) is 13.9 Å². The number of likely N-dealkylation sites (tertiary alicyclic amines) is 1. The number of carboxylic acid groups (broad SMARTS) is 1. The molecule has 220 valence electrons. The number of halogens is 2. The lowest BCUT2D eigenvalue weighted by Gasteiger charge is -2.32. The minimum Gasteiger partial charge on any atom is -0.481 e. The molecule has 2 aliphatic rings. The highest BCUT2D eigenvalue weighted by atomic mass is 19.1. The molecule has 9 nitrogen and oxygen atoms in total. The Morgan fingerprint density at radius 3 is 2.51 bits per heavy atom. The molecule has 1 amide bonds. The van der Waals surface area contributed by atoms with Gasteiger partial charge in [0.05, 0.1) is 43.7 Å². The van der Waals surface area contributed by atoms with Gasteiger partial charge in [-0.15, -0.1) is 0 Å². The van der Waals surface area contributed by atoms with Crippen molar-refractivity contribution in [3.05, 3.63) is 53.1 Å². The summed E-state index contributed by atoms with van der Waals surface area (Å²) in [5, 5.41) is 12.1. The summed E-state index contributed by atoms with van der Waals surface area (Å²) in [6.07, 6.45) is 3.81. The lowest BCUT2D eigenvalue weighted by Crippen LogP contribution is -2.46. The van der Waals surface area contributed by atoms with Gasteiger partial charge in [0.15, 0.2) is 11.4 Å². The van der Waals surface area contributed by atoms with Gasteiger partial charge in [0, 0.05) is 18.4 Å². The first-order chi connectivity index (χ1) is 19.7. The van der Waals surface area contributed by atoms with E-state index in [0.717, 1.165) is 18.4 Å². The molecular weight excluding hydrogens is 536 g/mol. The number of aryl methyl sites for hydroxylation is 1. The number of fused-ring (bicyclic) bond motifs is 1. The topological polar surface area (TPSA) is 114 Å². The zero-order valence-corrected chi connectivity index (χ0v) is 23.2. The van der Waals surface area contributed by atoms with Crippen molar-refractivity contribution in [3.8, 4) is 0 Å². The number of anilines is 2. The molecule has 0 spiro atoms. The highest BCUT2D eigenvalue weighted by Crippen LogP contribution is 2.32. The maximum atomic E-state index is 15.6. The molecule has 5 rings (SSSR count). The maximum absolute atomic E-state index is 15.6. The zero-order valence-electron chi connectivity index (χ0n) is 23.2. The first kappa shape index (κ1) is 28.9. The Bertz CT molecular complexity index is 1400. The Morgan fingerprint density at radius 1 is 1.07 bits per heavy atom. The molecule has 2 N–H and O–H groups in total. The second-order valence-electron chi connectivity index (χ2n) is 11.0. The molecule has 1 aliphatic carbocycles. The molecular formula is C30H35F2N3O6. The minimum absolute atomic E-state index is 0.0189. The summed E-state index contributed by atoms with van der Waals surface area (Å²) in [4.78, 5) is 30.8. The summed E-state index contributed by atoms with van der Waals surface area (Å²) < 4.78 is 46.4. The number of carboxylic acids is 1. The van der Waals surface area contributed by atoms with Crippen LogP contribution in [0.1, 0.15) is 49.7 Å². The van der Waals surface area contributed by atoms with Gasteiger partial charge in [-0.25, -0.2) is 8.78 Å². The monoisotopic (exact) mass is 571 g/mol. The van der Waals surface area contributed by atoms with Crippen molar-refractivity contribution in [1.82, 2.24) is 9.88 Å². The smallest absolute Gasteiger partial charge is 0.306 e. The van der Waals surface area contributed by atoms with Crippen molar-refractivity contribution in [1.29, 1.82) is 0 Å². The molecule has 2 aromatic carbocycles. The van der Waals surface area contributed by atoms with E-state index in [0.29, 0.717) is 44.6 Å². The average Bonchev–Trinajstić information content (AvgIpc) is 3.55. The third-order valence-corrected chi connectivity index (χ3v) is 8.17. The predicted molar refractivity (Wildman–Crippen MR) is 147 cm³/mol. The van der Waals surface area contributed by atoms with E-state index in [-0.39, 0.29) is 59.1 Å². The first-order valence-electron chi connectivity index (χ1n) is 14.0. The fourth-order valence-electron chi connectivity index (χ4n) is 5.90. The predicted octanol–water partition coefficient (Wildman–Crippen LogP) is 5.37. The Hall–Kier alpha value is -3.57. The molecule has 11 heteroatoms. The number of hydrogen-bond donors (Lipinski definition) is 2. The van der Waals surface area contributed by atoms with Gasteiger partial charge in [0.25, 0.3) is 6.01 Å². The zero-order chi connectivity index (χ0) is 29.1. The molecule has 3 aromatic rings. The summed E-state index contributed by atoms with van der Waals surface area (Å²) in [6, 6.07) is 7.08. The summed E-state index contributed by atoms with van der Waals surface area (Å²) >= 11 is 0. The van der Waals surface area contributed by atoms with E-state index in [1.54, 1.807) is 31.1 Å². The summed E-state index contributed by atoms with van der Waals surface area (Å²) in [7, 11) is 1.59. The Kier molecular flexibility index (Phi) is 8.84. The number of carbonyl (C=O) groups excluding carboxylic acids is 1. The van der Waals surface area contributed by atoms with Crippen molar-refractivity contribution in [2.45, 2.75) is 70.1 Å². The fraction of sp³-hybridized carbons (Fsp3) is 0.500. The van der Waals surface area contributed by atoms with Gasteiger partial charge in [-0.05, 0) is 69.2 Å². The molecule has 2 heterocycles. The van der Waals surface area contributed by atoms with Gasteiger partial charge in [-0.2, -0.15) is 4.98 Å². The van der Waals surface area contributed by atoms with Crippen LogP contribution in [0.2, 0.25) is 0 Å². The molecule has 1 aromatic heterocycles. The molecule has 0 radical (unpaired) electrons. The highest BCUT2D eigenvalue weighted by Gasteiger charge is 2.38. The van der Waals surface area contributed by atoms with Gasteiger partial charge in [0.2, 0.25) is 5.91 Å². The Balaban J connectivity index is 1.27. The number of aromatic nitrogens is 1. The third kappa shape index (κ3) is 6.51. The van der Waals surface area contributed by atoms with E-state index in [9.17, 15) is 19.1 Å². The molecule has 2 atom stereocenters. The number of ether oxygens (including phenoxy) is 2. The van der Waals surface area contributed by atoms with E-state index < -0.39 is 17.6 Å². The molecule has 1 saturated carbocycles. The number of hydrogen-bond acceptors (Lipinski definition) is 7. The number of aliphatic carboxylic acids is 1. The van der Waals surface area contributed by atoms with E-state index >= 15 is 4.39 Å². The van der Waals surface area contributed by atoms with Crippen LogP contribution in [0, 0.1) is 24.5 Å². The van der Waals surface area contributed by atoms with Gasteiger partial charge in [-0.3, -0.25) is 9.59 Å². The Morgan fingerprint density at radius 2 is 1.80 bits per heavy atom. The van der Waals surface area contributed by atoms with Crippen molar-refractivity contribution in [2.75, 3.05) is 25.6 Å². The van der Waals surface area contributed by atoms with E-state index in [1.165, 1.54) is 18.2 Å². The first-order valence-corrected chi connectivity index (χ1v) is 14.0. The van der Waals surface area contributed by atoms with Gasteiger partial charge >= 0.3 is 5.97 Å². The second-order valence-corrected chi connectivity index (χ2v) is 11.0. The number of rotatable bonds is 10. The largest absolute Gasteiger partial charge is 0.481 e. The van der Waals surface area contributed by atoms with E-state index in [2.05, 4.69) is 10.3 Å². The minimum atomic E-state index is -0.761. The van der Waals surface area contributed by atoms with Crippen LogP contribution in [-0.2, 0) is 25.5 Å². The number of amides is 1. The van der Waals surface area contributed by atoms with Gasteiger partial charge in [-0.1, -0.05) is 12.1 Å². The van der Waals surface area contributed by atoms with Gasteiger partial charge in [0.1, 0.15) is 11.3 Å². The van der Waals surface area contributed by atoms with Crippen molar-refractivity contribution >= 4 is 34.7 Å². The third-order valence-electron chi connectivity index (χ3n) is 8.17. The van der Waals surface area contributed by atoms with Crippen LogP contribution < -0.4 is 5.32 Å². The lowest BCUT2D eigenvalue weighted by molar-refractivity contribution is -0.144. The number of nitrogens with one attached hydrogen (secondary N) is 1. The van der Waals surface area contributed by atoms with E-state index in [1.807, 2.05) is 0 Å². The SMILES string of the molecule is COC[C@@H]1CC[C@@H](CO[C@H]2CC[C@H](C(=O)O)CC2)N1C(=O)Cc1ccc2nc(Nc3cc(F)ccc3C)oc2c1F. The standard InChI is InChI=1S/C30H35F2N3O6/c1-17-3-7-20(31)14-25(17)34-30-33-24-12-6-19(27(32)28(24)41-30)13-26(36)35-21(15-39-2)8-9-22(35)16-40-23-10-4-18(5-11-23)29(37)38/h3,6-7,12,14,18,21-23H,4-5,8-11,13,15-16H2,1-2H3,(H,33,34)(H,37,38)/t18-,21-,22-,23-/m0/s1. The van der Waals surface area contributed by atoms with Crippen LogP contribution in [0.5, 0.6) is 0 Å². The quantitative estimate of drug-likeness (QED) is 0.334. The Labute approximate surface area is 236 Å².